The van der Waals surface area contributed by atoms with Crippen molar-refractivity contribution in [2.45, 2.75) is 70.6 Å². The molecular weight excluding hydrogens is 542 g/mol. The average molecular weight is 579 g/mol. The maximum Gasteiger partial charge on any atom is 0.254 e. The molecule has 0 radical (unpaired) electrons. The first-order valence-corrected chi connectivity index (χ1v) is 14.6. The van der Waals surface area contributed by atoms with Gasteiger partial charge in [0, 0.05) is 49.7 Å². The molecule has 42 heavy (non-hydrogen) atoms. The van der Waals surface area contributed by atoms with E-state index in [0.717, 1.165) is 5.56 Å². The fourth-order valence-electron chi connectivity index (χ4n) is 6.32. The van der Waals surface area contributed by atoms with E-state index in [-0.39, 0.29) is 17.9 Å². The van der Waals surface area contributed by atoms with Crippen molar-refractivity contribution in [1.29, 1.82) is 0 Å². The predicted octanol–water partition coefficient (Wildman–Crippen LogP) is 4.70. The molecule has 1 aromatic heterocycles. The van der Waals surface area contributed by atoms with E-state index in [1.807, 2.05) is 20.8 Å². The number of benzene rings is 2. The van der Waals surface area contributed by atoms with Crippen molar-refractivity contribution in [2.24, 2.45) is 0 Å². The minimum atomic E-state index is -0.792. The summed E-state index contributed by atoms with van der Waals surface area (Å²) >= 11 is 0. The fraction of sp³-hybridized carbons (Fsp3) is 0.438. The summed E-state index contributed by atoms with van der Waals surface area (Å²) in [5, 5.41) is 5.27. The van der Waals surface area contributed by atoms with Gasteiger partial charge < -0.3 is 10.1 Å². The Labute approximate surface area is 243 Å². The van der Waals surface area contributed by atoms with Crippen LogP contribution < -0.4 is 10.6 Å². The summed E-state index contributed by atoms with van der Waals surface area (Å²) in [6.07, 6.45) is 2.71. The van der Waals surface area contributed by atoms with Gasteiger partial charge in [0.1, 0.15) is 22.8 Å². The lowest BCUT2D eigenvalue weighted by molar-refractivity contribution is -0.134. The maximum absolute atomic E-state index is 16.1. The Kier molecular flexibility index (Phi) is 8.13. The van der Waals surface area contributed by atoms with E-state index in [4.69, 9.17) is 4.74 Å². The highest BCUT2D eigenvalue weighted by Gasteiger charge is 2.70. The van der Waals surface area contributed by atoms with Gasteiger partial charge in [0.2, 0.25) is 11.8 Å². The highest BCUT2D eigenvalue weighted by Crippen LogP contribution is 2.61. The summed E-state index contributed by atoms with van der Waals surface area (Å²) in [5.74, 6) is -2.67. The van der Waals surface area contributed by atoms with Gasteiger partial charge in [0.25, 0.3) is 5.91 Å². The molecule has 3 atom stereocenters. The molecule has 2 aromatic carbocycles. The Morgan fingerprint density at radius 3 is 2.67 bits per heavy atom. The topological polar surface area (TPSA) is 104 Å². The van der Waals surface area contributed by atoms with Gasteiger partial charge in [-0.15, -0.1) is 0 Å². The van der Waals surface area contributed by atoms with Crippen LogP contribution in [0.15, 0.2) is 42.6 Å². The second-order valence-corrected chi connectivity index (χ2v) is 11.1. The minimum Gasteiger partial charge on any atom is -0.356 e. The number of hydrogen-bond donors (Lipinski definition) is 2. The van der Waals surface area contributed by atoms with E-state index in [1.54, 1.807) is 37.4 Å². The predicted molar refractivity (Wildman–Crippen MR) is 154 cm³/mol. The summed E-state index contributed by atoms with van der Waals surface area (Å²) < 4.78 is 37.0. The first kappa shape index (κ1) is 29.7. The summed E-state index contributed by atoms with van der Waals surface area (Å²) in [6.45, 7) is 9.77. The Morgan fingerprint density at radius 1 is 1.19 bits per heavy atom. The Morgan fingerprint density at radius 2 is 1.98 bits per heavy atom. The number of nitrogens with one attached hydrogen (secondary N) is 2. The summed E-state index contributed by atoms with van der Waals surface area (Å²) in [7, 11) is 0. The van der Waals surface area contributed by atoms with E-state index in [0.29, 0.717) is 61.1 Å². The third-order valence-electron chi connectivity index (χ3n) is 8.44. The maximum atomic E-state index is 16.1. The van der Waals surface area contributed by atoms with Gasteiger partial charge in [-0.3, -0.25) is 29.6 Å². The number of imide groups is 1. The van der Waals surface area contributed by atoms with Gasteiger partial charge in [-0.1, -0.05) is 26.0 Å². The SMILES string of the molecule is CC.CCNC(=O)c1ccc(CN2CCC3(c4ccc5ncc(C6CCC(=O)NC6=O)cc5c4F)OC3(C)C2)cc1F. The molecule has 222 valence electrons. The van der Waals surface area contributed by atoms with Crippen LogP contribution in [0.3, 0.4) is 0 Å². The monoisotopic (exact) mass is 578 g/mol. The quantitative estimate of drug-likeness (QED) is 0.325. The molecule has 0 spiro atoms. The fourth-order valence-corrected chi connectivity index (χ4v) is 6.32. The van der Waals surface area contributed by atoms with Crippen LogP contribution in [0.4, 0.5) is 8.78 Å². The largest absolute Gasteiger partial charge is 0.356 e. The molecule has 3 saturated heterocycles. The third-order valence-corrected chi connectivity index (χ3v) is 8.44. The van der Waals surface area contributed by atoms with Gasteiger partial charge in [0.15, 0.2) is 0 Å². The van der Waals surface area contributed by atoms with E-state index >= 15 is 4.39 Å². The number of epoxide rings is 1. The van der Waals surface area contributed by atoms with Crippen molar-refractivity contribution in [2.75, 3.05) is 19.6 Å². The van der Waals surface area contributed by atoms with E-state index in [9.17, 15) is 18.8 Å². The molecular formula is C32H36F2N4O4. The number of carbonyl (C=O) groups excluding carboxylic acids is 3. The molecule has 3 fully saturated rings. The van der Waals surface area contributed by atoms with Crippen molar-refractivity contribution >= 4 is 28.6 Å². The van der Waals surface area contributed by atoms with Gasteiger partial charge >= 0.3 is 0 Å². The smallest absolute Gasteiger partial charge is 0.254 e. The standard InChI is InChI=1S/C30H30F2N4O4.C2H6/c1-3-33-27(38)20-5-4-17(12-23(20)31)15-36-11-10-30(29(2,16-36)40-30)22-7-8-24-21(26(22)32)13-18(14-34-24)19-6-9-25(37)35-28(19)39;1-2/h4-5,7-8,12-14,19H,3,6,9-11,15-16H2,1-2H3,(H,33,38)(H,35,37,39);1-2H3. The number of pyridine rings is 1. The number of rotatable bonds is 6. The van der Waals surface area contributed by atoms with Gasteiger partial charge in [-0.05, 0) is 62.1 Å². The zero-order valence-corrected chi connectivity index (χ0v) is 24.4. The number of piperidine rings is 2. The van der Waals surface area contributed by atoms with Crippen LogP contribution >= 0.6 is 0 Å². The molecule has 0 aliphatic carbocycles. The lowest BCUT2D eigenvalue weighted by atomic mass is 9.80. The third kappa shape index (κ3) is 5.18. The normalized spacial score (nSPS) is 25.2. The van der Waals surface area contributed by atoms with E-state index < -0.39 is 40.6 Å². The highest BCUT2D eigenvalue weighted by atomic mass is 19.1. The molecule has 0 bridgehead atoms. The summed E-state index contributed by atoms with van der Waals surface area (Å²) in [5.41, 5.74) is 0.848. The molecule has 0 saturated carbocycles. The zero-order valence-electron chi connectivity index (χ0n) is 24.4. The van der Waals surface area contributed by atoms with Gasteiger partial charge in [0.05, 0.1) is 17.0 Å². The zero-order chi connectivity index (χ0) is 30.2. The number of hydrogen-bond acceptors (Lipinski definition) is 6. The Hall–Kier alpha value is -3.76. The molecule has 2 N–H and O–H groups in total. The number of aromatic nitrogens is 1. The second kappa shape index (κ2) is 11.5. The number of ether oxygens (including phenoxy) is 1. The van der Waals surface area contributed by atoms with Crippen LogP contribution in [0.25, 0.3) is 10.9 Å². The lowest BCUT2D eigenvalue weighted by Gasteiger charge is -2.33. The molecule has 8 nitrogen and oxygen atoms in total. The molecule has 3 aromatic rings. The molecule has 10 heteroatoms. The number of likely N-dealkylation sites (tertiary alicyclic amines) is 1. The molecule has 3 aliphatic heterocycles. The van der Waals surface area contributed by atoms with Crippen molar-refractivity contribution in [3.05, 3.63) is 76.5 Å². The number of amides is 3. The molecule has 3 unspecified atom stereocenters. The summed E-state index contributed by atoms with van der Waals surface area (Å²) in [4.78, 5) is 42.5. The Bertz CT molecular complexity index is 1560. The number of carbonyl (C=O) groups is 3. The number of nitrogens with zero attached hydrogens (tertiary/aromatic N) is 2. The molecule has 4 heterocycles. The highest BCUT2D eigenvalue weighted by molar-refractivity contribution is 6.01. The van der Waals surface area contributed by atoms with Crippen molar-refractivity contribution in [3.63, 3.8) is 0 Å². The van der Waals surface area contributed by atoms with Crippen molar-refractivity contribution in [3.8, 4) is 0 Å². The van der Waals surface area contributed by atoms with E-state index in [2.05, 4.69) is 20.5 Å². The summed E-state index contributed by atoms with van der Waals surface area (Å²) in [6, 6.07) is 9.80. The van der Waals surface area contributed by atoms with Crippen LogP contribution in [0, 0.1) is 11.6 Å². The average Bonchev–Trinajstić information content (AvgIpc) is 3.60. The van der Waals surface area contributed by atoms with Crippen molar-refractivity contribution in [1.82, 2.24) is 20.5 Å². The van der Waals surface area contributed by atoms with Gasteiger partial charge in [-0.2, -0.15) is 0 Å². The number of halogens is 2. The minimum absolute atomic E-state index is 0.0165. The van der Waals surface area contributed by atoms with Crippen LogP contribution in [0.5, 0.6) is 0 Å². The van der Waals surface area contributed by atoms with Gasteiger partial charge in [-0.25, -0.2) is 8.78 Å². The van der Waals surface area contributed by atoms with Crippen LogP contribution in [0.1, 0.15) is 79.9 Å². The van der Waals surface area contributed by atoms with Crippen LogP contribution in [-0.2, 0) is 26.5 Å². The lowest BCUT2D eigenvalue weighted by Crippen LogP contribution is -2.44. The van der Waals surface area contributed by atoms with E-state index in [1.165, 1.54) is 12.1 Å². The molecule has 3 amide bonds. The second-order valence-electron chi connectivity index (χ2n) is 11.1. The first-order valence-electron chi connectivity index (χ1n) is 14.6. The van der Waals surface area contributed by atoms with Crippen LogP contribution in [-0.4, -0.2) is 52.8 Å². The van der Waals surface area contributed by atoms with Crippen molar-refractivity contribution < 1.29 is 27.9 Å². The molecule has 6 rings (SSSR count). The first-order chi connectivity index (χ1) is 20.1. The van der Waals surface area contributed by atoms with Crippen LogP contribution in [0.2, 0.25) is 0 Å². The Balaban J connectivity index is 0.00000173. The molecule has 3 aliphatic rings. The number of fused-ring (bicyclic) bond motifs is 2.